The Bertz CT molecular complexity index is 466. The van der Waals surface area contributed by atoms with Crippen LogP contribution < -0.4 is 10.6 Å². The topological polar surface area (TPSA) is 73.8 Å². The molecule has 1 aliphatic rings. The molecule has 1 aliphatic heterocycles. The van der Waals surface area contributed by atoms with Gasteiger partial charge >= 0.3 is 0 Å². The van der Waals surface area contributed by atoms with Gasteiger partial charge in [0.2, 0.25) is 0 Å². The maximum atomic E-state index is 11.5. The summed E-state index contributed by atoms with van der Waals surface area (Å²) in [6.07, 6.45) is 1.80. The number of nitrogens with one attached hydrogen (secondary N) is 2. The molecule has 136 valence electrons. The first-order valence-corrected chi connectivity index (χ1v) is 10.5. The van der Waals surface area contributed by atoms with Crippen molar-refractivity contribution in [3.63, 3.8) is 0 Å². The minimum Gasteiger partial charge on any atom is -0.356 e. The van der Waals surface area contributed by atoms with E-state index in [-0.39, 0.29) is 5.92 Å². The molecule has 0 radical (unpaired) electrons. The van der Waals surface area contributed by atoms with Gasteiger partial charge in [-0.1, -0.05) is 0 Å². The van der Waals surface area contributed by atoms with Crippen LogP contribution in [0.3, 0.4) is 0 Å². The van der Waals surface area contributed by atoms with E-state index in [1.165, 1.54) is 0 Å². The highest BCUT2D eigenvalue weighted by Gasteiger charge is 2.27. The number of hydrogen-bond donors (Lipinski definition) is 2. The van der Waals surface area contributed by atoms with E-state index in [0.29, 0.717) is 30.1 Å². The molecule has 0 aliphatic carbocycles. The van der Waals surface area contributed by atoms with Gasteiger partial charge in [-0.2, -0.15) is 0 Å². The summed E-state index contributed by atoms with van der Waals surface area (Å²) in [4.78, 5) is 6.68. The molecule has 1 atom stereocenters. The summed E-state index contributed by atoms with van der Waals surface area (Å²) in [7, 11) is -1.06. The largest absolute Gasteiger partial charge is 0.356 e. The highest BCUT2D eigenvalue weighted by Crippen LogP contribution is 2.17. The molecule has 1 rings (SSSR count). The van der Waals surface area contributed by atoms with Crippen LogP contribution in [0.25, 0.3) is 0 Å². The Hall–Kier alpha value is -0.820. The summed E-state index contributed by atoms with van der Waals surface area (Å²) >= 11 is 0. The highest BCUT2D eigenvalue weighted by molar-refractivity contribution is 7.91. The van der Waals surface area contributed by atoms with Gasteiger partial charge in [0.1, 0.15) is 0 Å². The maximum Gasteiger partial charge on any atom is 0.190 e. The van der Waals surface area contributed by atoms with Crippen molar-refractivity contribution in [2.75, 3.05) is 38.2 Å². The summed E-state index contributed by atoms with van der Waals surface area (Å²) in [6.45, 7) is 11.5. The second kappa shape index (κ2) is 9.47. The monoisotopic (exact) mass is 346 g/mol. The van der Waals surface area contributed by atoms with E-state index in [2.05, 4.69) is 48.2 Å². The van der Waals surface area contributed by atoms with E-state index in [1.54, 1.807) is 7.05 Å². The second-order valence-electron chi connectivity index (χ2n) is 6.93. The van der Waals surface area contributed by atoms with Gasteiger partial charge in [-0.15, -0.1) is 0 Å². The third kappa shape index (κ3) is 7.52. The quantitative estimate of drug-likeness (QED) is 0.391. The first-order valence-electron chi connectivity index (χ1n) is 8.66. The first-order chi connectivity index (χ1) is 10.7. The van der Waals surface area contributed by atoms with Gasteiger partial charge in [-0.3, -0.25) is 9.89 Å². The van der Waals surface area contributed by atoms with Crippen LogP contribution in [0.5, 0.6) is 0 Å². The maximum absolute atomic E-state index is 11.5. The molecule has 2 N–H and O–H groups in total. The molecule has 0 aromatic rings. The van der Waals surface area contributed by atoms with Crippen LogP contribution in [-0.4, -0.2) is 69.5 Å². The van der Waals surface area contributed by atoms with Gasteiger partial charge < -0.3 is 10.6 Å². The molecule has 0 aromatic heterocycles. The van der Waals surface area contributed by atoms with Crippen molar-refractivity contribution in [2.24, 2.45) is 10.9 Å². The van der Waals surface area contributed by atoms with Gasteiger partial charge in [-0.05, 0) is 46.5 Å². The van der Waals surface area contributed by atoms with E-state index in [0.717, 1.165) is 31.9 Å². The molecular formula is C16H34N4O2S. The van der Waals surface area contributed by atoms with Crippen LogP contribution in [0.2, 0.25) is 0 Å². The van der Waals surface area contributed by atoms with Crippen LogP contribution in [0.4, 0.5) is 0 Å². The lowest BCUT2D eigenvalue weighted by atomic mass is 10.1. The van der Waals surface area contributed by atoms with Crippen molar-refractivity contribution in [3.05, 3.63) is 0 Å². The second-order valence-corrected chi connectivity index (χ2v) is 9.16. The van der Waals surface area contributed by atoms with Crippen LogP contribution in [0, 0.1) is 5.92 Å². The third-order valence-corrected chi connectivity index (χ3v) is 6.16. The van der Waals surface area contributed by atoms with Crippen LogP contribution in [0.1, 0.15) is 40.5 Å². The summed E-state index contributed by atoms with van der Waals surface area (Å²) in [5.41, 5.74) is 0. The Morgan fingerprint density at radius 2 is 1.87 bits per heavy atom. The summed E-state index contributed by atoms with van der Waals surface area (Å²) in [5, 5.41) is 6.55. The molecule has 0 bridgehead atoms. The molecule has 7 heteroatoms. The molecule has 1 heterocycles. The summed E-state index contributed by atoms with van der Waals surface area (Å²) in [6, 6.07) is 1.11. The third-order valence-electron chi connectivity index (χ3n) is 4.32. The fourth-order valence-corrected chi connectivity index (χ4v) is 4.94. The number of nitrogens with zero attached hydrogens (tertiary/aromatic N) is 2. The standard InChI is InChI=1S/C16H34N4O2S/c1-13(2)20(14(3)4)9-6-8-18-16(17-5)19-11-15-7-10-23(21,22)12-15/h13-15H,6-12H2,1-5H3,(H2,17,18,19). The average molecular weight is 347 g/mol. The van der Waals surface area contributed by atoms with Crippen molar-refractivity contribution in [1.82, 2.24) is 15.5 Å². The first kappa shape index (κ1) is 20.2. The Morgan fingerprint density at radius 1 is 1.22 bits per heavy atom. The van der Waals surface area contributed by atoms with E-state index < -0.39 is 9.84 Å². The minimum atomic E-state index is -2.80. The van der Waals surface area contributed by atoms with Gasteiger partial charge in [0.05, 0.1) is 11.5 Å². The predicted octanol–water partition coefficient (Wildman–Crippen LogP) is 1.10. The zero-order chi connectivity index (χ0) is 17.5. The molecule has 1 saturated heterocycles. The Balaban J connectivity index is 2.24. The van der Waals surface area contributed by atoms with Gasteiger partial charge in [-0.25, -0.2) is 8.42 Å². The molecule has 0 amide bonds. The number of hydrogen-bond acceptors (Lipinski definition) is 4. The Morgan fingerprint density at radius 3 is 2.35 bits per heavy atom. The fourth-order valence-electron chi connectivity index (χ4n) is 3.08. The molecular weight excluding hydrogens is 312 g/mol. The number of rotatable bonds is 8. The molecule has 1 fully saturated rings. The molecule has 6 nitrogen and oxygen atoms in total. The van der Waals surface area contributed by atoms with Crippen molar-refractivity contribution in [1.29, 1.82) is 0 Å². The smallest absolute Gasteiger partial charge is 0.190 e. The van der Waals surface area contributed by atoms with Crippen molar-refractivity contribution in [3.8, 4) is 0 Å². The van der Waals surface area contributed by atoms with Crippen LogP contribution in [0.15, 0.2) is 4.99 Å². The number of guanidine groups is 1. The van der Waals surface area contributed by atoms with Crippen LogP contribution >= 0.6 is 0 Å². The van der Waals surface area contributed by atoms with Crippen molar-refractivity contribution >= 4 is 15.8 Å². The Kier molecular flexibility index (Phi) is 8.33. The summed E-state index contributed by atoms with van der Waals surface area (Å²) < 4.78 is 22.9. The normalized spacial score (nSPS) is 21.4. The molecule has 23 heavy (non-hydrogen) atoms. The number of aliphatic imine (C=N–C) groups is 1. The molecule has 0 saturated carbocycles. The van der Waals surface area contributed by atoms with E-state index >= 15 is 0 Å². The highest BCUT2D eigenvalue weighted by atomic mass is 32.2. The lowest BCUT2D eigenvalue weighted by Crippen LogP contribution is -2.42. The molecule has 1 unspecified atom stereocenters. The lowest BCUT2D eigenvalue weighted by Gasteiger charge is -2.30. The average Bonchev–Trinajstić information content (AvgIpc) is 2.80. The molecule has 0 aromatic carbocycles. The van der Waals surface area contributed by atoms with Crippen molar-refractivity contribution in [2.45, 2.75) is 52.6 Å². The summed E-state index contributed by atoms with van der Waals surface area (Å²) in [5.74, 6) is 1.59. The predicted molar refractivity (Wildman–Crippen MR) is 97.7 cm³/mol. The van der Waals surface area contributed by atoms with Gasteiger partial charge in [0.25, 0.3) is 0 Å². The van der Waals surface area contributed by atoms with E-state index in [9.17, 15) is 8.42 Å². The lowest BCUT2D eigenvalue weighted by molar-refractivity contribution is 0.173. The van der Waals surface area contributed by atoms with Crippen molar-refractivity contribution < 1.29 is 8.42 Å². The van der Waals surface area contributed by atoms with Crippen LogP contribution in [-0.2, 0) is 9.84 Å². The van der Waals surface area contributed by atoms with Gasteiger partial charge in [0, 0.05) is 38.8 Å². The Labute approximate surface area is 142 Å². The van der Waals surface area contributed by atoms with E-state index in [1.807, 2.05) is 0 Å². The number of sulfone groups is 1. The zero-order valence-electron chi connectivity index (χ0n) is 15.3. The van der Waals surface area contributed by atoms with Gasteiger partial charge in [0.15, 0.2) is 15.8 Å². The SMILES string of the molecule is CN=C(NCCCN(C(C)C)C(C)C)NCC1CCS(=O)(=O)C1. The van der Waals surface area contributed by atoms with E-state index in [4.69, 9.17) is 0 Å². The fraction of sp³-hybridized carbons (Fsp3) is 0.938. The molecule has 0 spiro atoms. The minimum absolute atomic E-state index is 0.205. The zero-order valence-corrected chi connectivity index (χ0v) is 16.1.